The van der Waals surface area contributed by atoms with Crippen LogP contribution in [-0.2, 0) is 0 Å². The fourth-order valence-corrected chi connectivity index (χ4v) is 1.31. The van der Waals surface area contributed by atoms with Gasteiger partial charge in [-0.05, 0) is 11.6 Å². The maximum atomic E-state index is 11.0. The molecule has 0 spiro atoms. The number of hydrogen-bond acceptors (Lipinski definition) is 3. The molecule has 2 aromatic rings. The molecule has 0 atom stereocenters. The predicted octanol–water partition coefficient (Wildman–Crippen LogP) is 2.52. The summed E-state index contributed by atoms with van der Waals surface area (Å²) in [5, 5.41) is 9.20. The normalized spacial score (nSPS) is 10.8. The summed E-state index contributed by atoms with van der Waals surface area (Å²) in [7, 11) is 0. The first-order valence-corrected chi connectivity index (χ1v) is 4.81. The highest BCUT2D eigenvalue weighted by atomic mass is 16.4. The average molecular weight is 214 g/mol. The van der Waals surface area contributed by atoms with E-state index in [2.05, 4.69) is 0 Å². The molecule has 0 radical (unpaired) electrons. The second-order valence-corrected chi connectivity index (χ2v) is 3.28. The van der Waals surface area contributed by atoms with Crippen molar-refractivity contribution in [3.05, 3.63) is 64.2 Å². The van der Waals surface area contributed by atoms with E-state index < -0.39 is 5.63 Å². The summed E-state index contributed by atoms with van der Waals surface area (Å²) in [4.78, 5) is 11.0. The van der Waals surface area contributed by atoms with Crippen LogP contribution in [0.5, 0.6) is 5.75 Å². The van der Waals surface area contributed by atoms with Crippen molar-refractivity contribution in [2.24, 2.45) is 0 Å². The van der Waals surface area contributed by atoms with Crippen molar-refractivity contribution in [3.63, 3.8) is 0 Å². The lowest BCUT2D eigenvalue weighted by molar-refractivity contribution is 0.444. The van der Waals surface area contributed by atoms with Crippen LogP contribution in [0, 0.1) is 0 Å². The van der Waals surface area contributed by atoms with E-state index in [9.17, 15) is 9.90 Å². The van der Waals surface area contributed by atoms with E-state index >= 15 is 0 Å². The Bertz CT molecular complexity index is 553. The van der Waals surface area contributed by atoms with Gasteiger partial charge in [0.1, 0.15) is 11.5 Å². The Balaban J connectivity index is 2.27. The highest BCUT2D eigenvalue weighted by Gasteiger charge is 1.96. The van der Waals surface area contributed by atoms with E-state index in [1.165, 1.54) is 6.07 Å². The Kier molecular flexibility index (Phi) is 2.87. The van der Waals surface area contributed by atoms with Gasteiger partial charge in [0.25, 0.3) is 0 Å². The molecular formula is C13H10O3. The van der Waals surface area contributed by atoms with Crippen molar-refractivity contribution in [1.29, 1.82) is 0 Å². The van der Waals surface area contributed by atoms with Crippen LogP contribution in [0.25, 0.3) is 12.2 Å². The Hall–Kier alpha value is -2.29. The van der Waals surface area contributed by atoms with E-state index in [4.69, 9.17) is 4.42 Å². The van der Waals surface area contributed by atoms with Crippen LogP contribution in [0.2, 0.25) is 0 Å². The second-order valence-electron chi connectivity index (χ2n) is 3.28. The Morgan fingerprint density at radius 3 is 2.50 bits per heavy atom. The van der Waals surface area contributed by atoms with Gasteiger partial charge in [-0.1, -0.05) is 36.4 Å². The maximum absolute atomic E-state index is 11.0. The summed E-state index contributed by atoms with van der Waals surface area (Å²) in [5.74, 6) is 0.234. The molecule has 16 heavy (non-hydrogen) atoms. The lowest BCUT2D eigenvalue weighted by Gasteiger charge is -1.94. The number of benzene rings is 1. The molecule has 0 aliphatic carbocycles. The number of rotatable bonds is 2. The molecule has 0 fully saturated rings. The second kappa shape index (κ2) is 4.49. The number of hydrogen-bond donors (Lipinski definition) is 1. The standard InChI is InChI=1S/C13H10O3/c14-11-8-12(16-13(15)9-11)7-6-10-4-2-1-3-5-10/h1-9,14H. The smallest absolute Gasteiger partial charge is 0.339 e. The van der Waals surface area contributed by atoms with Crippen molar-refractivity contribution < 1.29 is 9.52 Å². The first kappa shape index (κ1) is 10.2. The van der Waals surface area contributed by atoms with Gasteiger partial charge < -0.3 is 9.52 Å². The van der Waals surface area contributed by atoms with E-state index in [-0.39, 0.29) is 5.75 Å². The molecule has 3 heteroatoms. The van der Waals surface area contributed by atoms with Crippen LogP contribution in [-0.4, -0.2) is 5.11 Å². The molecule has 1 heterocycles. The molecule has 0 unspecified atom stereocenters. The molecule has 0 aliphatic rings. The molecule has 1 aromatic carbocycles. The zero-order chi connectivity index (χ0) is 11.4. The first-order valence-electron chi connectivity index (χ1n) is 4.81. The molecule has 0 bridgehead atoms. The van der Waals surface area contributed by atoms with Crippen molar-refractivity contribution in [2.45, 2.75) is 0 Å². The molecular weight excluding hydrogens is 204 g/mol. The topological polar surface area (TPSA) is 50.4 Å². The molecule has 1 aromatic heterocycles. The third-order valence-electron chi connectivity index (χ3n) is 2.01. The fourth-order valence-electron chi connectivity index (χ4n) is 1.31. The lowest BCUT2D eigenvalue weighted by atomic mass is 10.2. The zero-order valence-corrected chi connectivity index (χ0v) is 8.46. The van der Waals surface area contributed by atoms with Gasteiger partial charge in [-0.2, -0.15) is 0 Å². The van der Waals surface area contributed by atoms with Crippen molar-refractivity contribution >= 4 is 12.2 Å². The Morgan fingerprint density at radius 2 is 1.81 bits per heavy atom. The van der Waals surface area contributed by atoms with Crippen LogP contribution in [0.1, 0.15) is 11.3 Å². The van der Waals surface area contributed by atoms with E-state index in [1.54, 1.807) is 12.2 Å². The van der Waals surface area contributed by atoms with Crippen LogP contribution < -0.4 is 5.63 Å². The van der Waals surface area contributed by atoms with Gasteiger partial charge in [-0.15, -0.1) is 0 Å². The quantitative estimate of drug-likeness (QED) is 0.835. The maximum Gasteiger partial charge on any atom is 0.339 e. The SMILES string of the molecule is O=c1cc(O)cc(C=Cc2ccccc2)o1. The van der Waals surface area contributed by atoms with Gasteiger partial charge in [0.2, 0.25) is 0 Å². The summed E-state index contributed by atoms with van der Waals surface area (Å²) in [6.45, 7) is 0. The van der Waals surface area contributed by atoms with Crippen LogP contribution >= 0.6 is 0 Å². The van der Waals surface area contributed by atoms with E-state index in [0.29, 0.717) is 5.76 Å². The lowest BCUT2D eigenvalue weighted by Crippen LogP contribution is -1.95. The molecule has 3 nitrogen and oxygen atoms in total. The molecule has 80 valence electrons. The van der Waals surface area contributed by atoms with Gasteiger partial charge in [0.15, 0.2) is 0 Å². The third-order valence-corrected chi connectivity index (χ3v) is 2.01. The van der Waals surface area contributed by atoms with Crippen molar-refractivity contribution in [2.75, 3.05) is 0 Å². The van der Waals surface area contributed by atoms with E-state index in [1.807, 2.05) is 30.3 Å². The first-order chi connectivity index (χ1) is 7.74. The minimum atomic E-state index is -0.562. The molecule has 1 N–H and O–H groups in total. The third kappa shape index (κ3) is 2.60. The average Bonchev–Trinajstić information content (AvgIpc) is 2.27. The van der Waals surface area contributed by atoms with Crippen molar-refractivity contribution in [1.82, 2.24) is 0 Å². The van der Waals surface area contributed by atoms with E-state index in [0.717, 1.165) is 11.6 Å². The highest BCUT2D eigenvalue weighted by Crippen LogP contribution is 2.11. The summed E-state index contributed by atoms with van der Waals surface area (Å²) < 4.78 is 4.88. The Labute approximate surface area is 92.3 Å². The summed E-state index contributed by atoms with van der Waals surface area (Å²) >= 11 is 0. The predicted molar refractivity (Wildman–Crippen MR) is 62.0 cm³/mol. The van der Waals surface area contributed by atoms with Crippen LogP contribution in [0.15, 0.2) is 51.7 Å². The van der Waals surface area contributed by atoms with Crippen molar-refractivity contribution in [3.8, 4) is 5.75 Å². The highest BCUT2D eigenvalue weighted by molar-refractivity contribution is 5.67. The minimum absolute atomic E-state index is 0.0936. The van der Waals surface area contributed by atoms with Crippen LogP contribution in [0.4, 0.5) is 0 Å². The number of aromatic hydroxyl groups is 1. The largest absolute Gasteiger partial charge is 0.508 e. The zero-order valence-electron chi connectivity index (χ0n) is 8.46. The molecule has 2 rings (SSSR count). The molecule has 0 aliphatic heterocycles. The molecule has 0 amide bonds. The molecule has 0 saturated carbocycles. The van der Waals surface area contributed by atoms with Gasteiger partial charge in [-0.25, -0.2) is 4.79 Å². The van der Waals surface area contributed by atoms with Gasteiger partial charge >= 0.3 is 5.63 Å². The Morgan fingerprint density at radius 1 is 1.06 bits per heavy atom. The van der Waals surface area contributed by atoms with Crippen LogP contribution in [0.3, 0.4) is 0 Å². The summed E-state index contributed by atoms with van der Waals surface area (Å²) in [6.07, 6.45) is 3.44. The fraction of sp³-hybridized carbons (Fsp3) is 0. The monoisotopic (exact) mass is 214 g/mol. The van der Waals surface area contributed by atoms with Gasteiger partial charge in [-0.3, -0.25) is 0 Å². The minimum Gasteiger partial charge on any atom is -0.508 e. The van der Waals surface area contributed by atoms with Gasteiger partial charge in [0, 0.05) is 6.07 Å². The molecule has 0 saturated heterocycles. The summed E-state index contributed by atoms with van der Waals surface area (Å²) in [6, 6.07) is 12.0. The summed E-state index contributed by atoms with van der Waals surface area (Å²) in [5.41, 5.74) is 0.432. The van der Waals surface area contributed by atoms with Gasteiger partial charge in [0.05, 0.1) is 6.07 Å².